The molecule has 2 fully saturated rings. The molecule has 0 aromatic heterocycles. The Morgan fingerprint density at radius 3 is 1.51 bits per heavy atom. The van der Waals surface area contributed by atoms with Crippen LogP contribution in [-0.4, -0.2) is 61.1 Å². The molecule has 230 valence electrons. The van der Waals surface area contributed by atoms with Gasteiger partial charge in [-0.05, 0) is 44.4 Å². The first-order chi connectivity index (χ1) is 20.7. The molecule has 43 heavy (non-hydrogen) atoms. The van der Waals surface area contributed by atoms with Crippen molar-refractivity contribution in [3.05, 3.63) is 108 Å². The van der Waals surface area contributed by atoms with Crippen LogP contribution in [0, 0.1) is 0 Å². The van der Waals surface area contributed by atoms with Crippen LogP contribution < -0.4 is 0 Å². The van der Waals surface area contributed by atoms with E-state index in [1.54, 1.807) is 13.8 Å². The largest absolute Gasteiger partial charge is 0.374 e. The second-order valence-electron chi connectivity index (χ2n) is 12.0. The lowest BCUT2D eigenvalue weighted by Crippen LogP contribution is -2.70. The van der Waals surface area contributed by atoms with Crippen molar-refractivity contribution in [3.8, 4) is 0 Å². The summed E-state index contributed by atoms with van der Waals surface area (Å²) in [5, 5.41) is 0. The van der Waals surface area contributed by atoms with Crippen LogP contribution >= 0.6 is 0 Å². The Morgan fingerprint density at radius 1 is 0.605 bits per heavy atom. The summed E-state index contributed by atoms with van der Waals surface area (Å²) in [5.41, 5.74) is 0.230. The van der Waals surface area contributed by atoms with Crippen molar-refractivity contribution >= 4 is 6.29 Å². The van der Waals surface area contributed by atoms with Gasteiger partial charge in [-0.15, -0.1) is 0 Å². The minimum atomic E-state index is -1.43. The van der Waals surface area contributed by atoms with Crippen molar-refractivity contribution in [3.63, 3.8) is 0 Å². The van der Waals surface area contributed by atoms with Crippen LogP contribution in [0.15, 0.2) is 91.0 Å². The van der Waals surface area contributed by atoms with Crippen LogP contribution in [0.5, 0.6) is 0 Å². The fourth-order valence-corrected chi connectivity index (χ4v) is 6.01. The van der Waals surface area contributed by atoms with Gasteiger partial charge in [-0.25, -0.2) is 0 Å². The van der Waals surface area contributed by atoms with Gasteiger partial charge in [-0.1, -0.05) is 91.0 Å². The summed E-state index contributed by atoms with van der Waals surface area (Å²) in [4.78, 5) is 12.8. The van der Waals surface area contributed by atoms with E-state index in [1.165, 1.54) is 0 Å². The van der Waals surface area contributed by atoms with Crippen molar-refractivity contribution in [2.24, 2.45) is 0 Å². The Morgan fingerprint density at radius 2 is 1.02 bits per heavy atom. The zero-order chi connectivity index (χ0) is 30.4. The third-order valence-electron chi connectivity index (χ3n) is 7.75. The van der Waals surface area contributed by atoms with Crippen LogP contribution in [0.3, 0.4) is 0 Å². The van der Waals surface area contributed by atoms with E-state index >= 15 is 0 Å². The smallest absolute Gasteiger partial charge is 0.165 e. The number of carbonyl (C=O) groups excluding carboxylic acids is 1. The van der Waals surface area contributed by atoms with Gasteiger partial charge >= 0.3 is 0 Å². The SMILES string of the molecule is CC1(C)O[C@H](COCc2ccccc2)[C@@](COCc2ccccc2)([C@]2(COCc3ccccc3)OC(C)(C)O[C@@H]2C=O)O1. The fraction of sp³-hybridized carbons (Fsp3) is 0.457. The van der Waals surface area contributed by atoms with Gasteiger partial charge in [-0.2, -0.15) is 0 Å². The minimum Gasteiger partial charge on any atom is -0.374 e. The lowest BCUT2D eigenvalue weighted by Gasteiger charge is -2.47. The zero-order valence-electron chi connectivity index (χ0n) is 25.4. The van der Waals surface area contributed by atoms with Crippen molar-refractivity contribution in [2.45, 2.75) is 82.5 Å². The zero-order valence-corrected chi connectivity index (χ0v) is 25.4. The van der Waals surface area contributed by atoms with Gasteiger partial charge in [0.2, 0.25) is 0 Å². The Balaban J connectivity index is 1.50. The number of hydrogen-bond donors (Lipinski definition) is 0. The summed E-state index contributed by atoms with van der Waals surface area (Å²) in [7, 11) is 0. The lowest BCUT2D eigenvalue weighted by atomic mass is 9.75. The van der Waals surface area contributed by atoms with Gasteiger partial charge in [0.1, 0.15) is 6.10 Å². The molecule has 2 saturated heterocycles. The first-order valence-corrected chi connectivity index (χ1v) is 14.7. The van der Waals surface area contributed by atoms with Gasteiger partial charge in [-0.3, -0.25) is 0 Å². The molecule has 2 aliphatic heterocycles. The average Bonchev–Trinajstić information content (AvgIpc) is 3.43. The average molecular weight is 591 g/mol. The molecule has 3 aromatic rings. The summed E-state index contributed by atoms with van der Waals surface area (Å²) in [5.74, 6) is -2.16. The van der Waals surface area contributed by atoms with E-state index in [0.717, 1.165) is 23.0 Å². The maximum Gasteiger partial charge on any atom is 0.165 e. The lowest BCUT2D eigenvalue weighted by molar-refractivity contribution is -0.272. The molecule has 8 nitrogen and oxygen atoms in total. The molecule has 3 aromatic carbocycles. The molecule has 8 heteroatoms. The highest BCUT2D eigenvalue weighted by atomic mass is 16.8. The summed E-state index contributed by atoms with van der Waals surface area (Å²) < 4.78 is 45.3. The van der Waals surface area contributed by atoms with E-state index in [9.17, 15) is 4.79 Å². The second-order valence-corrected chi connectivity index (χ2v) is 12.0. The van der Waals surface area contributed by atoms with Crippen molar-refractivity contribution < 1.29 is 38.0 Å². The Kier molecular flexibility index (Phi) is 9.78. The van der Waals surface area contributed by atoms with Gasteiger partial charge in [0, 0.05) is 0 Å². The third-order valence-corrected chi connectivity index (χ3v) is 7.75. The van der Waals surface area contributed by atoms with E-state index in [1.807, 2.05) is 105 Å². The predicted molar refractivity (Wildman–Crippen MR) is 160 cm³/mol. The first-order valence-electron chi connectivity index (χ1n) is 14.7. The molecular formula is C35H42O8. The monoisotopic (exact) mass is 590 g/mol. The molecule has 0 amide bonds. The number of benzene rings is 3. The van der Waals surface area contributed by atoms with Crippen molar-refractivity contribution in [2.75, 3.05) is 19.8 Å². The predicted octanol–water partition coefficient (Wildman–Crippen LogP) is 5.62. The number of rotatable bonds is 14. The van der Waals surface area contributed by atoms with Gasteiger partial charge in [0.25, 0.3) is 0 Å². The highest BCUT2D eigenvalue weighted by molar-refractivity contribution is 5.60. The molecule has 4 atom stereocenters. The van der Waals surface area contributed by atoms with Crippen molar-refractivity contribution in [1.29, 1.82) is 0 Å². The van der Waals surface area contributed by atoms with Crippen LogP contribution in [0.4, 0.5) is 0 Å². The molecule has 2 heterocycles. The van der Waals surface area contributed by atoms with Crippen LogP contribution in [-0.2, 0) is 57.8 Å². The summed E-state index contributed by atoms with van der Waals surface area (Å²) >= 11 is 0. The van der Waals surface area contributed by atoms with E-state index < -0.39 is 35.0 Å². The van der Waals surface area contributed by atoms with Crippen LogP contribution in [0.2, 0.25) is 0 Å². The quantitative estimate of drug-likeness (QED) is 0.224. The van der Waals surface area contributed by atoms with Gasteiger partial charge < -0.3 is 38.0 Å². The molecule has 5 rings (SSSR count). The van der Waals surface area contributed by atoms with E-state index in [-0.39, 0.29) is 19.8 Å². The van der Waals surface area contributed by atoms with Gasteiger partial charge in [0.05, 0.1) is 39.6 Å². The number of aldehydes is 1. The van der Waals surface area contributed by atoms with Crippen molar-refractivity contribution in [1.82, 2.24) is 0 Å². The molecule has 0 radical (unpaired) electrons. The fourth-order valence-electron chi connectivity index (χ4n) is 6.01. The molecule has 0 aliphatic carbocycles. The first kappa shape index (κ1) is 31.5. The van der Waals surface area contributed by atoms with Crippen LogP contribution in [0.1, 0.15) is 44.4 Å². The molecule has 0 bridgehead atoms. The number of carbonyl (C=O) groups is 1. The Bertz CT molecular complexity index is 1300. The third kappa shape index (κ3) is 7.24. The summed E-state index contributed by atoms with van der Waals surface area (Å²) in [6, 6.07) is 29.6. The van der Waals surface area contributed by atoms with Gasteiger partial charge in [0.15, 0.2) is 35.2 Å². The molecular weight excluding hydrogens is 548 g/mol. The summed E-state index contributed by atoms with van der Waals surface area (Å²) in [6.07, 6.45) is -0.967. The maximum absolute atomic E-state index is 12.8. The van der Waals surface area contributed by atoms with E-state index in [0.29, 0.717) is 19.8 Å². The van der Waals surface area contributed by atoms with E-state index in [2.05, 4.69) is 0 Å². The molecule has 0 unspecified atom stereocenters. The topological polar surface area (TPSA) is 81.7 Å². The Labute approximate surface area is 254 Å². The molecule has 0 spiro atoms. The maximum atomic E-state index is 12.8. The number of ether oxygens (including phenoxy) is 7. The Hall–Kier alpha value is -2.95. The normalized spacial score (nSPS) is 27.7. The highest BCUT2D eigenvalue weighted by Crippen LogP contribution is 2.52. The van der Waals surface area contributed by atoms with Crippen LogP contribution in [0.25, 0.3) is 0 Å². The highest BCUT2D eigenvalue weighted by Gasteiger charge is 2.73. The molecule has 0 saturated carbocycles. The molecule has 0 N–H and O–H groups in total. The minimum absolute atomic E-state index is 0.0158. The number of hydrogen-bond acceptors (Lipinski definition) is 8. The molecule has 2 aliphatic rings. The van der Waals surface area contributed by atoms with E-state index in [4.69, 9.17) is 33.2 Å². The second kappa shape index (κ2) is 13.4. The standard InChI is InChI=1S/C35H42O8/c1-32(2)40-30(20-36)34(42-32,25-38-22-28-16-10-6-11-17-28)35(26-39-23-29-18-12-7-13-19-29)31(41-33(3,4)43-35)24-37-21-27-14-8-5-9-15-27/h5-20,30-31H,21-26H2,1-4H3/t30-,31-,34-,35+/m1/s1. The summed E-state index contributed by atoms with van der Waals surface area (Å²) in [6.45, 7) is 8.41.